The maximum Gasteiger partial charge on any atom is 0.261 e. The van der Waals surface area contributed by atoms with E-state index in [0.29, 0.717) is 26.1 Å². The van der Waals surface area contributed by atoms with Gasteiger partial charge in [0.25, 0.3) is 21.8 Å². The Hall–Kier alpha value is -3.11. The Morgan fingerprint density at radius 1 is 0.968 bits per heavy atom. The van der Waals surface area contributed by atoms with Crippen molar-refractivity contribution in [1.29, 1.82) is 0 Å². The van der Waals surface area contributed by atoms with Crippen LogP contribution in [-0.2, 0) is 14.8 Å². The van der Waals surface area contributed by atoms with Crippen LogP contribution in [0, 0.1) is 0 Å². The van der Waals surface area contributed by atoms with Crippen LogP contribution in [0.4, 0.5) is 5.69 Å². The van der Waals surface area contributed by atoms with E-state index in [1.807, 2.05) is 0 Å². The number of amides is 2. The summed E-state index contributed by atoms with van der Waals surface area (Å²) in [6, 6.07) is 10.3. The highest BCUT2D eigenvalue weighted by molar-refractivity contribution is 7.92. The summed E-state index contributed by atoms with van der Waals surface area (Å²) in [4.78, 5) is 24.6. The van der Waals surface area contributed by atoms with E-state index in [-0.39, 0.29) is 27.5 Å². The van der Waals surface area contributed by atoms with Gasteiger partial charge in [-0.1, -0.05) is 12.1 Å². The first kappa shape index (κ1) is 24.2. The van der Waals surface area contributed by atoms with E-state index in [4.69, 9.17) is 9.47 Å². The Balaban J connectivity index is 2.30. The van der Waals surface area contributed by atoms with Crippen molar-refractivity contribution < 1.29 is 27.5 Å². The summed E-state index contributed by atoms with van der Waals surface area (Å²) in [5, 5.41) is 5.35. The summed E-state index contributed by atoms with van der Waals surface area (Å²) in [5.41, 5.74) is 0.402. The number of methoxy groups -OCH3 is 2. The number of anilines is 1. The number of para-hydroxylation sites is 1. The molecule has 3 N–H and O–H groups in total. The average molecular weight is 450 g/mol. The van der Waals surface area contributed by atoms with Crippen molar-refractivity contribution in [3.63, 3.8) is 0 Å². The standard InChI is InChI=1S/C21H27N3O6S/c1-4-22-21(26)17-14-15(10-11-19(17)30-3)31(27,28)24-18-9-6-5-8-16(18)20(25)23-12-7-13-29-2/h5-6,8-11,14,24H,4,7,12-13H2,1-3H3,(H,22,26)(H,23,25). The minimum Gasteiger partial charge on any atom is -0.496 e. The van der Waals surface area contributed by atoms with E-state index in [0.717, 1.165) is 0 Å². The summed E-state index contributed by atoms with van der Waals surface area (Å²) < 4.78 is 38.5. The molecule has 0 aromatic heterocycles. The third-order valence-electron chi connectivity index (χ3n) is 4.29. The molecule has 168 valence electrons. The molecule has 0 fully saturated rings. The number of carbonyl (C=O) groups excluding carboxylic acids is 2. The molecular weight excluding hydrogens is 422 g/mol. The quantitative estimate of drug-likeness (QED) is 0.451. The van der Waals surface area contributed by atoms with Crippen LogP contribution in [0.15, 0.2) is 47.4 Å². The number of sulfonamides is 1. The predicted octanol–water partition coefficient (Wildman–Crippen LogP) is 2.01. The Bertz CT molecular complexity index is 1020. The van der Waals surface area contributed by atoms with Crippen molar-refractivity contribution in [2.45, 2.75) is 18.2 Å². The van der Waals surface area contributed by atoms with Gasteiger partial charge in [-0.05, 0) is 43.7 Å². The van der Waals surface area contributed by atoms with Crippen LogP contribution in [0.1, 0.15) is 34.1 Å². The first-order chi connectivity index (χ1) is 14.8. The van der Waals surface area contributed by atoms with Crippen LogP contribution in [0.2, 0.25) is 0 Å². The van der Waals surface area contributed by atoms with E-state index in [9.17, 15) is 18.0 Å². The summed E-state index contributed by atoms with van der Waals surface area (Å²) in [6.45, 7) is 3.02. The molecule has 10 heteroatoms. The zero-order chi connectivity index (χ0) is 22.9. The van der Waals surface area contributed by atoms with Crippen molar-refractivity contribution in [1.82, 2.24) is 10.6 Å². The normalized spacial score (nSPS) is 10.9. The molecule has 2 aromatic rings. The molecule has 2 aromatic carbocycles. The van der Waals surface area contributed by atoms with Gasteiger partial charge < -0.3 is 20.1 Å². The number of carbonyl (C=O) groups is 2. The molecule has 9 nitrogen and oxygen atoms in total. The SMILES string of the molecule is CCNC(=O)c1cc(S(=O)(=O)Nc2ccccc2C(=O)NCCCOC)ccc1OC. The fraction of sp³-hybridized carbons (Fsp3) is 0.333. The molecule has 31 heavy (non-hydrogen) atoms. The molecule has 2 rings (SSSR count). The summed E-state index contributed by atoms with van der Waals surface area (Å²) in [6.07, 6.45) is 0.630. The summed E-state index contributed by atoms with van der Waals surface area (Å²) in [5.74, 6) is -0.611. The van der Waals surface area contributed by atoms with Gasteiger partial charge >= 0.3 is 0 Å². The monoisotopic (exact) mass is 449 g/mol. The van der Waals surface area contributed by atoms with Gasteiger partial charge in [0.15, 0.2) is 0 Å². The summed E-state index contributed by atoms with van der Waals surface area (Å²) in [7, 11) is -1.11. The number of ether oxygens (including phenoxy) is 2. The zero-order valence-corrected chi connectivity index (χ0v) is 18.5. The van der Waals surface area contributed by atoms with Crippen LogP contribution < -0.4 is 20.1 Å². The average Bonchev–Trinajstić information content (AvgIpc) is 2.76. The lowest BCUT2D eigenvalue weighted by Crippen LogP contribution is -2.27. The number of rotatable bonds is 11. The van der Waals surface area contributed by atoms with E-state index in [2.05, 4.69) is 15.4 Å². The van der Waals surface area contributed by atoms with E-state index in [1.54, 1.807) is 26.2 Å². The molecule has 0 atom stereocenters. The molecule has 0 aliphatic heterocycles. The molecule has 0 saturated heterocycles. The van der Waals surface area contributed by atoms with Crippen molar-refractivity contribution >= 4 is 27.5 Å². The third kappa shape index (κ3) is 6.43. The topological polar surface area (TPSA) is 123 Å². The lowest BCUT2D eigenvalue weighted by molar-refractivity contribution is 0.0942. The molecule has 0 heterocycles. The van der Waals surface area contributed by atoms with Gasteiger partial charge in [0.2, 0.25) is 0 Å². The fourth-order valence-electron chi connectivity index (χ4n) is 2.77. The van der Waals surface area contributed by atoms with Crippen LogP contribution >= 0.6 is 0 Å². The zero-order valence-electron chi connectivity index (χ0n) is 17.7. The first-order valence-corrected chi connectivity index (χ1v) is 11.2. The van der Waals surface area contributed by atoms with E-state index < -0.39 is 21.8 Å². The summed E-state index contributed by atoms with van der Waals surface area (Å²) >= 11 is 0. The van der Waals surface area contributed by atoms with E-state index in [1.165, 1.54) is 37.4 Å². The van der Waals surface area contributed by atoms with Gasteiger partial charge in [0.05, 0.1) is 28.8 Å². The fourth-order valence-corrected chi connectivity index (χ4v) is 3.88. The van der Waals surface area contributed by atoms with Gasteiger partial charge in [-0.2, -0.15) is 0 Å². The minimum absolute atomic E-state index is 0.0939. The van der Waals surface area contributed by atoms with E-state index >= 15 is 0 Å². The molecule has 0 bridgehead atoms. The second kappa shape index (κ2) is 11.3. The second-order valence-electron chi connectivity index (χ2n) is 6.47. The molecule has 0 aliphatic rings. The van der Waals surface area contributed by atoms with Crippen LogP contribution in [0.3, 0.4) is 0 Å². The Morgan fingerprint density at radius 2 is 1.68 bits per heavy atom. The third-order valence-corrected chi connectivity index (χ3v) is 5.65. The lowest BCUT2D eigenvalue weighted by Gasteiger charge is -2.14. The van der Waals surface area contributed by atoms with Crippen LogP contribution in [0.5, 0.6) is 5.75 Å². The highest BCUT2D eigenvalue weighted by Crippen LogP contribution is 2.25. The number of hydrogen-bond donors (Lipinski definition) is 3. The van der Waals surface area contributed by atoms with Crippen molar-refractivity contribution in [3.8, 4) is 5.75 Å². The lowest BCUT2D eigenvalue weighted by atomic mass is 10.1. The van der Waals surface area contributed by atoms with Gasteiger partial charge in [0, 0.05) is 26.8 Å². The van der Waals surface area contributed by atoms with Gasteiger partial charge in [-0.3, -0.25) is 14.3 Å². The van der Waals surface area contributed by atoms with Crippen molar-refractivity contribution in [2.75, 3.05) is 38.6 Å². The molecule has 0 unspecified atom stereocenters. The number of benzene rings is 2. The predicted molar refractivity (Wildman–Crippen MR) is 117 cm³/mol. The molecule has 0 spiro atoms. The molecule has 0 radical (unpaired) electrons. The van der Waals surface area contributed by atoms with Gasteiger partial charge in [-0.15, -0.1) is 0 Å². The minimum atomic E-state index is -4.08. The largest absolute Gasteiger partial charge is 0.496 e. The Morgan fingerprint density at radius 3 is 2.35 bits per heavy atom. The second-order valence-corrected chi connectivity index (χ2v) is 8.16. The van der Waals surface area contributed by atoms with Crippen molar-refractivity contribution in [3.05, 3.63) is 53.6 Å². The number of nitrogens with one attached hydrogen (secondary N) is 3. The van der Waals surface area contributed by atoms with Crippen LogP contribution in [0.25, 0.3) is 0 Å². The van der Waals surface area contributed by atoms with Crippen molar-refractivity contribution in [2.24, 2.45) is 0 Å². The number of hydrogen-bond acceptors (Lipinski definition) is 6. The highest BCUT2D eigenvalue weighted by atomic mass is 32.2. The highest BCUT2D eigenvalue weighted by Gasteiger charge is 2.22. The smallest absolute Gasteiger partial charge is 0.261 e. The molecule has 2 amide bonds. The molecule has 0 saturated carbocycles. The molecular formula is C21H27N3O6S. The first-order valence-electron chi connectivity index (χ1n) is 9.69. The van der Waals surface area contributed by atoms with Gasteiger partial charge in [-0.25, -0.2) is 8.42 Å². The Kier molecular flexibility index (Phi) is 8.83. The van der Waals surface area contributed by atoms with Crippen LogP contribution in [-0.4, -0.2) is 54.1 Å². The maximum absolute atomic E-state index is 13.0. The Labute approximate surface area is 182 Å². The maximum atomic E-state index is 13.0. The van der Waals surface area contributed by atoms with Gasteiger partial charge in [0.1, 0.15) is 5.75 Å². The molecule has 0 aliphatic carbocycles.